The first-order valence-electron chi connectivity index (χ1n) is 6.21. The summed E-state index contributed by atoms with van der Waals surface area (Å²) in [7, 11) is 0. The Morgan fingerprint density at radius 3 is 2.40 bits per heavy atom. The lowest BCUT2D eigenvalue weighted by Gasteiger charge is -2.20. The molecule has 0 aliphatic heterocycles. The first kappa shape index (κ1) is 13.9. The lowest BCUT2D eigenvalue weighted by atomic mass is 9.83. The third-order valence-corrected chi connectivity index (χ3v) is 3.30. The fraction of sp³-hybridized carbons (Fsp3) is 0.188. The van der Waals surface area contributed by atoms with Crippen LogP contribution in [0.1, 0.15) is 35.3 Å². The van der Waals surface area contributed by atoms with E-state index in [-0.39, 0.29) is 5.78 Å². The number of aliphatic carboxylic acids is 1. The molecule has 0 saturated heterocycles. The number of rotatable bonds is 4. The van der Waals surface area contributed by atoms with Crippen LogP contribution in [0.3, 0.4) is 0 Å². The highest BCUT2D eigenvalue weighted by Crippen LogP contribution is 2.25. The number of hydrogen-bond donors (Lipinski definition) is 1. The van der Waals surface area contributed by atoms with Crippen LogP contribution in [0.15, 0.2) is 48.8 Å². The number of ketones is 1. The normalized spacial score (nSPS) is 11.1. The minimum atomic E-state index is -1.04. The van der Waals surface area contributed by atoms with Gasteiger partial charge in [0.1, 0.15) is 0 Å². The second kappa shape index (κ2) is 5.25. The van der Waals surface area contributed by atoms with Crippen molar-refractivity contribution in [2.75, 3.05) is 0 Å². The van der Waals surface area contributed by atoms with Crippen molar-refractivity contribution >= 4 is 11.8 Å². The van der Waals surface area contributed by atoms with Crippen LogP contribution in [0.2, 0.25) is 0 Å². The van der Waals surface area contributed by atoms with Crippen LogP contribution in [0, 0.1) is 0 Å². The monoisotopic (exact) mass is 269 g/mol. The molecule has 0 spiro atoms. The van der Waals surface area contributed by atoms with Gasteiger partial charge in [-0.05, 0) is 37.6 Å². The van der Waals surface area contributed by atoms with Crippen LogP contribution in [0.25, 0.3) is 0 Å². The maximum atomic E-state index is 12.3. The average molecular weight is 269 g/mol. The van der Waals surface area contributed by atoms with Gasteiger partial charge in [0.15, 0.2) is 5.78 Å². The Labute approximate surface area is 117 Å². The van der Waals surface area contributed by atoms with E-state index < -0.39 is 11.4 Å². The summed E-state index contributed by atoms with van der Waals surface area (Å²) in [6, 6.07) is 10.1. The van der Waals surface area contributed by atoms with Crippen molar-refractivity contribution in [1.82, 2.24) is 4.98 Å². The summed E-state index contributed by atoms with van der Waals surface area (Å²) in [4.78, 5) is 27.5. The predicted octanol–water partition coefficient (Wildman–Crippen LogP) is 2.67. The van der Waals surface area contributed by atoms with Crippen molar-refractivity contribution in [2.24, 2.45) is 0 Å². The number of aromatic nitrogens is 1. The van der Waals surface area contributed by atoms with E-state index in [2.05, 4.69) is 4.98 Å². The summed E-state index contributed by atoms with van der Waals surface area (Å²) in [6.07, 6.45) is 3.10. The Morgan fingerprint density at radius 1 is 1.10 bits per heavy atom. The Morgan fingerprint density at radius 2 is 1.80 bits per heavy atom. The zero-order valence-electron chi connectivity index (χ0n) is 11.3. The first-order valence-corrected chi connectivity index (χ1v) is 6.21. The molecule has 1 heterocycles. The minimum absolute atomic E-state index is 0.166. The van der Waals surface area contributed by atoms with E-state index in [1.54, 1.807) is 56.4 Å². The number of carboxylic acid groups (broad SMARTS) is 1. The minimum Gasteiger partial charge on any atom is -0.481 e. The van der Waals surface area contributed by atoms with Gasteiger partial charge in [0.05, 0.1) is 5.41 Å². The van der Waals surface area contributed by atoms with Crippen LogP contribution >= 0.6 is 0 Å². The number of carboxylic acids is 1. The smallest absolute Gasteiger partial charge is 0.313 e. The quantitative estimate of drug-likeness (QED) is 0.866. The largest absolute Gasteiger partial charge is 0.481 e. The van der Waals surface area contributed by atoms with Crippen molar-refractivity contribution in [3.8, 4) is 0 Å². The number of pyridine rings is 1. The first-order chi connectivity index (χ1) is 9.43. The molecule has 4 heteroatoms. The molecule has 102 valence electrons. The van der Waals surface area contributed by atoms with E-state index in [0.717, 1.165) is 0 Å². The van der Waals surface area contributed by atoms with Gasteiger partial charge < -0.3 is 5.11 Å². The van der Waals surface area contributed by atoms with E-state index in [0.29, 0.717) is 16.7 Å². The molecule has 0 bridgehead atoms. The molecular weight excluding hydrogens is 254 g/mol. The number of carbonyl (C=O) groups excluding carboxylic acids is 1. The van der Waals surface area contributed by atoms with Gasteiger partial charge in [0, 0.05) is 23.5 Å². The number of carbonyl (C=O) groups is 2. The highest BCUT2D eigenvalue weighted by atomic mass is 16.4. The molecule has 0 amide bonds. The van der Waals surface area contributed by atoms with Crippen molar-refractivity contribution in [1.29, 1.82) is 0 Å². The fourth-order valence-corrected chi connectivity index (χ4v) is 1.84. The molecule has 1 aromatic heterocycles. The van der Waals surface area contributed by atoms with Gasteiger partial charge in [0.2, 0.25) is 0 Å². The molecule has 2 aromatic rings. The number of benzene rings is 1. The molecule has 1 N–H and O–H groups in total. The summed E-state index contributed by atoms with van der Waals surface area (Å²) in [5.74, 6) is -1.09. The molecule has 1 aromatic carbocycles. The third-order valence-electron chi connectivity index (χ3n) is 3.30. The third kappa shape index (κ3) is 2.59. The number of hydrogen-bond acceptors (Lipinski definition) is 3. The zero-order chi connectivity index (χ0) is 14.8. The van der Waals surface area contributed by atoms with E-state index in [1.165, 1.54) is 6.20 Å². The van der Waals surface area contributed by atoms with Gasteiger partial charge in [0.25, 0.3) is 0 Å². The summed E-state index contributed by atoms with van der Waals surface area (Å²) in [5.41, 5.74) is 0.507. The van der Waals surface area contributed by atoms with Gasteiger partial charge in [-0.2, -0.15) is 0 Å². The molecule has 0 aliphatic carbocycles. The van der Waals surface area contributed by atoms with Gasteiger partial charge in [-0.1, -0.05) is 18.2 Å². The van der Waals surface area contributed by atoms with Crippen LogP contribution in [0.4, 0.5) is 0 Å². The second-order valence-corrected chi connectivity index (χ2v) is 5.08. The highest BCUT2D eigenvalue weighted by Gasteiger charge is 2.29. The molecule has 20 heavy (non-hydrogen) atoms. The Kier molecular flexibility index (Phi) is 3.66. The maximum Gasteiger partial charge on any atom is 0.313 e. The van der Waals surface area contributed by atoms with Gasteiger partial charge in [-0.3, -0.25) is 14.6 Å². The topological polar surface area (TPSA) is 67.3 Å². The van der Waals surface area contributed by atoms with Crippen molar-refractivity contribution in [3.05, 3.63) is 65.5 Å². The Balaban J connectivity index is 2.41. The van der Waals surface area contributed by atoms with Crippen LogP contribution < -0.4 is 0 Å². The summed E-state index contributed by atoms with van der Waals surface area (Å²) in [6.45, 7) is 3.23. The van der Waals surface area contributed by atoms with E-state index in [1.807, 2.05) is 0 Å². The molecule has 0 aliphatic rings. The summed E-state index contributed by atoms with van der Waals surface area (Å²) >= 11 is 0. The average Bonchev–Trinajstić information content (AvgIpc) is 2.47. The fourth-order valence-electron chi connectivity index (χ4n) is 1.84. The van der Waals surface area contributed by atoms with Gasteiger partial charge in [-0.15, -0.1) is 0 Å². The van der Waals surface area contributed by atoms with Crippen molar-refractivity contribution < 1.29 is 14.7 Å². The summed E-state index contributed by atoms with van der Waals surface area (Å²) in [5, 5.41) is 9.25. The number of nitrogens with zero attached hydrogens (tertiary/aromatic N) is 1. The van der Waals surface area contributed by atoms with Crippen LogP contribution in [-0.2, 0) is 10.2 Å². The molecule has 0 radical (unpaired) electrons. The predicted molar refractivity (Wildman–Crippen MR) is 74.8 cm³/mol. The lowest BCUT2D eigenvalue weighted by Crippen LogP contribution is -2.28. The Hall–Kier alpha value is -2.49. The molecule has 0 atom stereocenters. The molecule has 0 unspecified atom stereocenters. The molecule has 0 saturated carbocycles. The molecule has 2 rings (SSSR count). The molecule has 4 nitrogen and oxygen atoms in total. The highest BCUT2D eigenvalue weighted by molar-refractivity contribution is 6.09. The van der Waals surface area contributed by atoms with Crippen LogP contribution in [-0.4, -0.2) is 21.8 Å². The lowest BCUT2D eigenvalue weighted by molar-refractivity contribution is -0.142. The summed E-state index contributed by atoms with van der Waals surface area (Å²) < 4.78 is 0. The standard InChI is InChI=1S/C16H15NO3/c1-16(2,15(19)20)13-7-3-5-11(9-13)14(18)12-6-4-8-17-10-12/h3-10H,1-2H3,(H,19,20). The molecule has 0 fully saturated rings. The SMILES string of the molecule is CC(C)(C(=O)O)c1cccc(C(=O)c2cccnc2)c1. The zero-order valence-corrected chi connectivity index (χ0v) is 11.3. The van der Waals surface area contributed by atoms with Crippen molar-refractivity contribution in [3.63, 3.8) is 0 Å². The van der Waals surface area contributed by atoms with E-state index in [9.17, 15) is 14.7 Å². The second-order valence-electron chi connectivity index (χ2n) is 5.08. The van der Waals surface area contributed by atoms with E-state index in [4.69, 9.17) is 0 Å². The van der Waals surface area contributed by atoms with Crippen LogP contribution in [0.5, 0.6) is 0 Å². The maximum absolute atomic E-state index is 12.3. The van der Waals surface area contributed by atoms with Gasteiger partial charge >= 0.3 is 5.97 Å². The Bertz CT molecular complexity index is 648. The van der Waals surface area contributed by atoms with Crippen molar-refractivity contribution in [2.45, 2.75) is 19.3 Å². The van der Waals surface area contributed by atoms with Gasteiger partial charge in [-0.25, -0.2) is 0 Å². The van der Waals surface area contributed by atoms with E-state index >= 15 is 0 Å². The molecular formula is C16H15NO3.